The molecule has 3 aliphatic rings. The molecule has 1 aromatic heterocycles. The van der Waals surface area contributed by atoms with Crippen molar-refractivity contribution in [3.8, 4) is 0 Å². The number of aromatic nitrogens is 1. The van der Waals surface area contributed by atoms with Crippen LogP contribution < -0.4 is 5.32 Å². The number of likely N-dealkylation sites (tertiary alicyclic amines) is 1. The van der Waals surface area contributed by atoms with Crippen molar-refractivity contribution >= 4 is 22.0 Å². The second kappa shape index (κ2) is 10.9. The average molecular weight is 570 g/mol. The Morgan fingerprint density at radius 2 is 1.72 bits per heavy atom. The summed E-state index contributed by atoms with van der Waals surface area (Å²) in [6.45, 7) is 1.42. The van der Waals surface area contributed by atoms with Gasteiger partial charge in [0.1, 0.15) is 12.3 Å². The van der Waals surface area contributed by atoms with Gasteiger partial charge in [0.05, 0.1) is 17.2 Å². The van der Waals surface area contributed by atoms with Crippen molar-refractivity contribution in [1.29, 1.82) is 0 Å². The van der Waals surface area contributed by atoms with E-state index in [-0.39, 0.29) is 30.8 Å². The van der Waals surface area contributed by atoms with Crippen molar-refractivity contribution in [2.24, 2.45) is 5.92 Å². The van der Waals surface area contributed by atoms with Gasteiger partial charge in [-0.15, -0.1) is 0 Å². The Bertz CT molecular complexity index is 1280. The normalized spacial score (nSPS) is 23.5. The summed E-state index contributed by atoms with van der Waals surface area (Å²) < 4.78 is 72.3. The molecule has 0 unspecified atom stereocenters. The minimum absolute atomic E-state index is 0.0211. The third kappa shape index (κ3) is 5.82. The third-order valence-electron chi connectivity index (χ3n) is 7.70. The zero-order valence-electron chi connectivity index (χ0n) is 21.1. The van der Waals surface area contributed by atoms with Crippen LogP contribution in [0.2, 0.25) is 0 Å². The number of hydrogen-bond acceptors (Lipinski definition) is 6. The number of benzene rings is 1. The molecule has 0 aliphatic carbocycles. The number of rotatable bonds is 7. The summed E-state index contributed by atoms with van der Waals surface area (Å²) in [5.74, 6) is -1.19. The number of carbonyl (C=O) groups is 2. The zero-order valence-corrected chi connectivity index (χ0v) is 22.0. The van der Waals surface area contributed by atoms with Crippen LogP contribution in [0.15, 0.2) is 41.1 Å². The van der Waals surface area contributed by atoms with Crippen molar-refractivity contribution in [3.63, 3.8) is 0 Å². The zero-order chi connectivity index (χ0) is 27.8. The summed E-state index contributed by atoms with van der Waals surface area (Å²) in [6.07, 6.45) is -0.811. The summed E-state index contributed by atoms with van der Waals surface area (Å²) in [4.78, 5) is 27.9. The second-order valence-corrected chi connectivity index (χ2v) is 12.2. The average Bonchev–Trinajstić information content (AvgIpc) is 3.58. The van der Waals surface area contributed by atoms with Gasteiger partial charge in [0.15, 0.2) is 0 Å². The van der Waals surface area contributed by atoms with Crippen molar-refractivity contribution in [3.05, 3.63) is 53.4 Å². The van der Waals surface area contributed by atoms with Crippen LogP contribution in [0.1, 0.15) is 48.4 Å². The molecular formula is C25H30F3N5O5S. The maximum atomic E-state index is 13.4. The number of carbonyl (C=O) groups excluding carboxylic acids is 2. The highest BCUT2D eigenvalue weighted by atomic mass is 32.2. The molecule has 3 aliphatic heterocycles. The number of nitrogens with zero attached hydrogens (tertiary/aromatic N) is 4. The van der Waals surface area contributed by atoms with E-state index in [0.717, 1.165) is 12.1 Å². The van der Waals surface area contributed by atoms with E-state index in [2.05, 4.69) is 10.5 Å². The Morgan fingerprint density at radius 1 is 1.00 bits per heavy atom. The number of halogens is 3. The molecule has 4 heterocycles. The fourth-order valence-corrected chi connectivity index (χ4v) is 7.21. The van der Waals surface area contributed by atoms with Gasteiger partial charge in [-0.1, -0.05) is 17.3 Å². The molecule has 1 aromatic carbocycles. The van der Waals surface area contributed by atoms with Crippen molar-refractivity contribution in [2.45, 2.75) is 50.4 Å². The van der Waals surface area contributed by atoms with Gasteiger partial charge in [0, 0.05) is 51.3 Å². The lowest BCUT2D eigenvalue weighted by Gasteiger charge is -2.42. The lowest BCUT2D eigenvalue weighted by molar-refractivity contribution is -0.142. The highest BCUT2D eigenvalue weighted by Gasteiger charge is 2.44. The number of amides is 2. The Labute approximate surface area is 224 Å². The highest BCUT2D eigenvalue weighted by Crippen LogP contribution is 2.33. The molecule has 10 nitrogen and oxygen atoms in total. The summed E-state index contributed by atoms with van der Waals surface area (Å²) >= 11 is 0. The van der Waals surface area contributed by atoms with Gasteiger partial charge in [-0.25, -0.2) is 0 Å². The van der Waals surface area contributed by atoms with E-state index in [1.807, 2.05) is 0 Å². The Kier molecular flexibility index (Phi) is 7.71. The summed E-state index contributed by atoms with van der Waals surface area (Å²) in [7, 11) is -3.73. The maximum absolute atomic E-state index is 13.4. The highest BCUT2D eigenvalue weighted by molar-refractivity contribution is 7.86. The first kappa shape index (κ1) is 27.6. The van der Waals surface area contributed by atoms with Gasteiger partial charge in [-0.05, 0) is 43.4 Å². The van der Waals surface area contributed by atoms with E-state index in [1.165, 1.54) is 31.9 Å². The van der Waals surface area contributed by atoms with E-state index in [4.69, 9.17) is 4.52 Å². The van der Waals surface area contributed by atoms with Crippen LogP contribution >= 0.6 is 0 Å². The Hall–Kier alpha value is -2.97. The quantitative estimate of drug-likeness (QED) is 0.548. The van der Waals surface area contributed by atoms with Gasteiger partial charge in [0.2, 0.25) is 11.8 Å². The molecule has 0 spiro atoms. The summed E-state index contributed by atoms with van der Waals surface area (Å²) in [6, 6.07) is 5.57. The molecule has 0 bridgehead atoms. The molecule has 39 heavy (non-hydrogen) atoms. The molecule has 0 saturated carbocycles. The van der Waals surface area contributed by atoms with Crippen molar-refractivity contribution in [1.82, 2.24) is 24.0 Å². The monoisotopic (exact) mass is 569 g/mol. The molecular weight excluding hydrogens is 539 g/mol. The topological polar surface area (TPSA) is 116 Å². The minimum Gasteiger partial charge on any atom is -0.364 e. The van der Waals surface area contributed by atoms with E-state index >= 15 is 0 Å². The number of hydrogen-bond donors (Lipinski definition) is 1. The van der Waals surface area contributed by atoms with Gasteiger partial charge in [-0.2, -0.15) is 30.2 Å². The molecule has 3 saturated heterocycles. The van der Waals surface area contributed by atoms with Crippen LogP contribution in [0.5, 0.6) is 0 Å². The number of alkyl halides is 3. The van der Waals surface area contributed by atoms with Crippen LogP contribution in [0.25, 0.3) is 0 Å². The molecule has 5 rings (SSSR count). The molecule has 212 valence electrons. The molecule has 0 radical (unpaired) electrons. The van der Waals surface area contributed by atoms with E-state index in [1.54, 1.807) is 6.07 Å². The van der Waals surface area contributed by atoms with Gasteiger partial charge >= 0.3 is 6.18 Å². The fraction of sp³-hybridized carbons (Fsp3) is 0.560. The Balaban J connectivity index is 1.16. The van der Waals surface area contributed by atoms with Gasteiger partial charge < -0.3 is 14.7 Å². The van der Waals surface area contributed by atoms with Crippen LogP contribution in [0, 0.1) is 5.92 Å². The Morgan fingerprint density at radius 3 is 2.38 bits per heavy atom. The predicted octanol–water partition coefficient (Wildman–Crippen LogP) is 2.36. The fourth-order valence-electron chi connectivity index (χ4n) is 5.42. The van der Waals surface area contributed by atoms with Crippen LogP contribution in [-0.2, 0) is 32.5 Å². The van der Waals surface area contributed by atoms with Gasteiger partial charge in [-0.3, -0.25) is 9.59 Å². The molecule has 1 N–H and O–H groups in total. The van der Waals surface area contributed by atoms with Crippen LogP contribution in [-0.4, -0.2) is 77.7 Å². The van der Waals surface area contributed by atoms with E-state index in [0.29, 0.717) is 63.1 Å². The van der Waals surface area contributed by atoms with E-state index < -0.39 is 33.9 Å². The molecule has 2 amide bonds. The summed E-state index contributed by atoms with van der Waals surface area (Å²) in [5, 5.41) is 6.60. The van der Waals surface area contributed by atoms with Crippen LogP contribution in [0.4, 0.5) is 13.2 Å². The minimum atomic E-state index is -4.43. The maximum Gasteiger partial charge on any atom is 0.416 e. The first-order valence-electron chi connectivity index (χ1n) is 12.9. The number of piperidine rings is 1. The smallest absolute Gasteiger partial charge is 0.364 e. The van der Waals surface area contributed by atoms with E-state index in [9.17, 15) is 31.2 Å². The lowest BCUT2D eigenvalue weighted by Crippen LogP contribution is -2.57. The molecule has 2 aromatic rings. The largest absolute Gasteiger partial charge is 0.416 e. The second-order valence-electron chi connectivity index (χ2n) is 10.2. The van der Waals surface area contributed by atoms with Crippen molar-refractivity contribution < 1.29 is 35.7 Å². The first-order valence-corrected chi connectivity index (χ1v) is 14.3. The standard InChI is InChI=1S/C25H30F3N5O5S/c26-25(27,28)20-7-5-17(6-8-20)13-29-23(34)22-4-2-11-33(22)24(35)18-3-1-10-31(14-18)39(36,37)32-15-19(16-32)21-9-12-38-30-21/h5-9,12,18-19,22H,1-4,10-11,13-16H2,(H,29,34)/t18-,22+/m0/s1. The van der Waals surface area contributed by atoms with Crippen molar-refractivity contribution in [2.75, 3.05) is 32.7 Å². The predicted molar refractivity (Wildman–Crippen MR) is 132 cm³/mol. The molecule has 2 atom stereocenters. The first-order chi connectivity index (χ1) is 18.5. The lowest BCUT2D eigenvalue weighted by atomic mass is 9.97. The molecule has 3 fully saturated rings. The molecule has 14 heteroatoms. The SMILES string of the molecule is O=C(NCc1ccc(C(F)(F)F)cc1)[C@H]1CCCN1C(=O)[C@H]1CCCN(S(=O)(=O)N2CC(c3ccon3)C2)C1. The van der Waals surface area contributed by atoms with Gasteiger partial charge in [0.25, 0.3) is 10.2 Å². The van der Waals surface area contributed by atoms with Crippen LogP contribution in [0.3, 0.4) is 0 Å². The summed E-state index contributed by atoms with van der Waals surface area (Å²) in [5.41, 5.74) is 0.458. The number of nitrogens with one attached hydrogen (secondary N) is 1. The third-order valence-corrected chi connectivity index (χ3v) is 9.63.